The zero-order valence-corrected chi connectivity index (χ0v) is 30.2. The van der Waals surface area contributed by atoms with Crippen molar-refractivity contribution in [3.8, 4) is 11.6 Å². The molecule has 1 aliphatic heterocycles. The molecule has 0 atom stereocenters. The van der Waals surface area contributed by atoms with Crippen molar-refractivity contribution in [3.05, 3.63) is 142 Å². The summed E-state index contributed by atoms with van der Waals surface area (Å²) in [6.45, 7) is 1.47. The molecule has 0 spiro atoms. The number of fused-ring (bicyclic) bond motifs is 1. The molecule has 1 fully saturated rings. The number of pyridine rings is 1. The number of halogens is 2. The number of aromatic nitrogens is 1. The van der Waals surface area contributed by atoms with E-state index < -0.39 is 37.3 Å². The average molecular weight is 772 g/mol. The first-order valence-corrected chi connectivity index (χ1v) is 19.7. The first kappa shape index (κ1) is 35.7. The Labute approximate surface area is 309 Å². The second kappa shape index (κ2) is 14.4. The third kappa shape index (κ3) is 7.20. The summed E-state index contributed by atoms with van der Waals surface area (Å²) in [6.07, 6.45) is 3.23. The highest BCUT2D eigenvalue weighted by atomic mass is 35.5. The normalized spacial score (nSPS) is 13.5. The fourth-order valence-corrected chi connectivity index (χ4v) is 8.59. The third-order valence-corrected chi connectivity index (χ3v) is 11.8. The minimum Gasteiger partial charge on any atom is -0.494 e. The number of para-hydroxylation sites is 2. The Hall–Kier alpha value is -5.70. The van der Waals surface area contributed by atoms with Crippen molar-refractivity contribution in [3.63, 3.8) is 0 Å². The lowest BCUT2D eigenvalue weighted by Gasteiger charge is -2.20. The molecular formula is C38H31ClFN5O6S2. The molecular weight excluding hydrogens is 741 g/mol. The van der Waals surface area contributed by atoms with Gasteiger partial charge in [0.1, 0.15) is 5.82 Å². The summed E-state index contributed by atoms with van der Waals surface area (Å²) in [7, 11) is -8.43. The second-order valence-corrected chi connectivity index (χ2v) is 16.0. The van der Waals surface area contributed by atoms with Gasteiger partial charge in [0, 0.05) is 30.1 Å². The van der Waals surface area contributed by atoms with Crippen LogP contribution in [0.4, 0.5) is 27.1 Å². The molecule has 0 bridgehead atoms. The molecule has 0 unspecified atom stereocenters. The highest BCUT2D eigenvalue weighted by Crippen LogP contribution is 2.36. The van der Waals surface area contributed by atoms with Crippen molar-refractivity contribution in [2.24, 2.45) is 4.99 Å². The van der Waals surface area contributed by atoms with Gasteiger partial charge >= 0.3 is 0 Å². The van der Waals surface area contributed by atoms with Gasteiger partial charge in [-0.3, -0.25) is 19.2 Å². The summed E-state index contributed by atoms with van der Waals surface area (Å²) in [5, 5.41) is 12.5. The number of aromatic hydroxyl groups is 1. The number of nitrogens with one attached hydrogen (secondary N) is 2. The molecule has 11 nitrogen and oxygen atoms in total. The van der Waals surface area contributed by atoms with Crippen LogP contribution in [0, 0.1) is 5.82 Å². The third-order valence-electron chi connectivity index (χ3n) is 8.76. The van der Waals surface area contributed by atoms with Crippen LogP contribution in [0.15, 0.2) is 135 Å². The first-order valence-electron chi connectivity index (χ1n) is 16.4. The van der Waals surface area contributed by atoms with Crippen molar-refractivity contribution >= 4 is 71.4 Å². The molecule has 2 heterocycles. The van der Waals surface area contributed by atoms with Gasteiger partial charge in [-0.1, -0.05) is 60.1 Å². The van der Waals surface area contributed by atoms with Crippen LogP contribution in [0.5, 0.6) is 5.88 Å². The molecule has 0 saturated carbocycles. The van der Waals surface area contributed by atoms with Gasteiger partial charge in [0.05, 0.1) is 48.8 Å². The van der Waals surface area contributed by atoms with Crippen molar-refractivity contribution in [1.29, 1.82) is 0 Å². The first-order chi connectivity index (χ1) is 25.4. The van der Waals surface area contributed by atoms with Gasteiger partial charge in [0.2, 0.25) is 5.88 Å². The van der Waals surface area contributed by atoms with E-state index in [4.69, 9.17) is 16.6 Å². The number of rotatable bonds is 10. The molecule has 1 saturated heterocycles. The topological polar surface area (TPSA) is 150 Å². The van der Waals surface area contributed by atoms with E-state index in [1.807, 2.05) is 0 Å². The number of sulfonamides is 2. The summed E-state index contributed by atoms with van der Waals surface area (Å²) in [5.74, 6) is -1.31. The van der Waals surface area contributed by atoms with E-state index in [-0.39, 0.29) is 42.8 Å². The van der Waals surface area contributed by atoms with Crippen LogP contribution in [-0.4, -0.2) is 45.8 Å². The summed E-state index contributed by atoms with van der Waals surface area (Å²) < 4.78 is 73.6. The summed E-state index contributed by atoms with van der Waals surface area (Å²) in [6, 6.07) is 28.2. The zero-order chi connectivity index (χ0) is 37.3. The van der Waals surface area contributed by atoms with Crippen molar-refractivity contribution < 1.29 is 26.3 Å². The molecule has 15 heteroatoms. The lowest BCUT2D eigenvalue weighted by molar-refractivity contribution is 0.436. The maximum Gasteiger partial charge on any atom is 0.265 e. The van der Waals surface area contributed by atoms with Gasteiger partial charge in [-0.05, 0) is 79.6 Å². The van der Waals surface area contributed by atoms with Gasteiger partial charge in [-0.25, -0.2) is 25.8 Å². The van der Waals surface area contributed by atoms with E-state index >= 15 is 0 Å². The Morgan fingerprint density at radius 1 is 0.736 bits per heavy atom. The molecule has 0 amide bonds. The van der Waals surface area contributed by atoms with Crippen LogP contribution >= 0.6 is 11.6 Å². The number of nitrogens with zero attached hydrogens (tertiary/aromatic N) is 3. The maximum absolute atomic E-state index is 14.3. The lowest BCUT2D eigenvalue weighted by atomic mass is 10.1. The molecule has 53 heavy (non-hydrogen) atoms. The Morgan fingerprint density at radius 3 is 2.08 bits per heavy atom. The van der Waals surface area contributed by atoms with E-state index in [1.54, 1.807) is 54.6 Å². The minimum atomic E-state index is -4.32. The predicted octanol–water partition coefficient (Wildman–Crippen LogP) is 7.44. The van der Waals surface area contributed by atoms with Crippen molar-refractivity contribution in [2.45, 2.75) is 22.6 Å². The second-order valence-electron chi connectivity index (χ2n) is 12.2. The summed E-state index contributed by atoms with van der Waals surface area (Å²) in [4.78, 5) is 20.3. The fraction of sp³-hybridized carbons (Fsp3) is 0.105. The standard InChI is InChI=1S/C38H31ClFN5O6S2/c39-31-14-3-5-16-33(31)42-53(50,51)27-18-19-36(44-20-7-8-21-44)35(23-27)41-24-30-28-12-1-2-13-29(28)37(46)45(38(30)47)25-10-9-11-26(22-25)52(48,49)43-34-17-6-4-15-32(34)40/h1-6,9-19,22-24,42-43,47H,7-8,20-21H2. The Balaban J connectivity index is 1.33. The minimum absolute atomic E-state index is 0.0146. The molecule has 3 N–H and O–H groups in total. The van der Waals surface area contributed by atoms with Gasteiger partial charge in [0.15, 0.2) is 0 Å². The van der Waals surface area contributed by atoms with E-state index in [1.165, 1.54) is 60.8 Å². The highest BCUT2D eigenvalue weighted by molar-refractivity contribution is 7.93. The molecule has 0 radical (unpaired) electrons. The Kier molecular flexibility index (Phi) is 9.68. The summed E-state index contributed by atoms with van der Waals surface area (Å²) >= 11 is 6.23. The number of anilines is 3. The predicted molar refractivity (Wildman–Crippen MR) is 206 cm³/mol. The highest BCUT2D eigenvalue weighted by Gasteiger charge is 2.23. The van der Waals surface area contributed by atoms with Gasteiger partial charge in [-0.15, -0.1) is 0 Å². The van der Waals surface area contributed by atoms with Gasteiger partial charge in [-0.2, -0.15) is 0 Å². The smallest absolute Gasteiger partial charge is 0.265 e. The largest absolute Gasteiger partial charge is 0.494 e. The Bertz CT molecular complexity index is 2700. The fourth-order valence-electron chi connectivity index (χ4n) is 6.15. The van der Waals surface area contributed by atoms with Crippen LogP contribution in [0.3, 0.4) is 0 Å². The molecule has 270 valence electrons. The summed E-state index contributed by atoms with van der Waals surface area (Å²) in [5.41, 5.74) is 0.417. The van der Waals surface area contributed by atoms with Crippen LogP contribution in [0.2, 0.25) is 5.02 Å². The monoisotopic (exact) mass is 771 g/mol. The average Bonchev–Trinajstić information content (AvgIpc) is 3.69. The van der Waals surface area contributed by atoms with E-state index in [0.29, 0.717) is 16.8 Å². The lowest BCUT2D eigenvalue weighted by Crippen LogP contribution is -2.21. The SMILES string of the molecule is O=c1c2ccccc2c(C=Nc2cc(S(=O)(=O)Nc3ccccc3Cl)ccc2N2CCCC2)c(O)n1-c1cccc(S(=O)(=O)Nc2ccccc2F)c1. The molecule has 0 aliphatic carbocycles. The molecule has 7 rings (SSSR count). The van der Waals surface area contributed by atoms with E-state index in [0.717, 1.165) is 36.6 Å². The van der Waals surface area contributed by atoms with Crippen LogP contribution in [0.25, 0.3) is 16.5 Å². The number of hydrogen-bond acceptors (Lipinski definition) is 8. The molecule has 1 aromatic heterocycles. The van der Waals surface area contributed by atoms with Crippen molar-refractivity contribution in [2.75, 3.05) is 27.4 Å². The zero-order valence-electron chi connectivity index (χ0n) is 27.8. The Morgan fingerprint density at radius 2 is 1.36 bits per heavy atom. The molecule has 5 aromatic carbocycles. The quantitative estimate of drug-likeness (QED) is 0.123. The van der Waals surface area contributed by atoms with Gasteiger partial charge in [0.25, 0.3) is 25.6 Å². The van der Waals surface area contributed by atoms with Crippen LogP contribution in [0.1, 0.15) is 18.4 Å². The number of aliphatic imine (C=N–C) groups is 1. The van der Waals surface area contributed by atoms with Crippen molar-refractivity contribution in [1.82, 2.24) is 4.57 Å². The van der Waals surface area contributed by atoms with Gasteiger partial charge < -0.3 is 10.0 Å². The molecule has 1 aliphatic rings. The van der Waals surface area contributed by atoms with E-state index in [9.17, 15) is 31.1 Å². The van der Waals surface area contributed by atoms with Crippen LogP contribution < -0.4 is 19.9 Å². The van der Waals surface area contributed by atoms with Crippen LogP contribution in [-0.2, 0) is 20.0 Å². The van der Waals surface area contributed by atoms with E-state index in [2.05, 4.69) is 14.3 Å². The molecule has 6 aromatic rings. The maximum atomic E-state index is 14.3. The number of benzene rings is 5. The number of hydrogen-bond donors (Lipinski definition) is 3.